The lowest BCUT2D eigenvalue weighted by Crippen LogP contribution is -2.39. The van der Waals surface area contributed by atoms with Gasteiger partial charge in [-0.15, -0.1) is 0 Å². The predicted molar refractivity (Wildman–Crippen MR) is 61.7 cm³/mol. The van der Waals surface area contributed by atoms with Crippen LogP contribution in [-0.2, 0) is 15.9 Å². The van der Waals surface area contributed by atoms with Gasteiger partial charge in [0, 0.05) is 6.42 Å². The van der Waals surface area contributed by atoms with E-state index in [1.165, 1.54) is 6.07 Å². The largest absolute Gasteiger partial charge is 0.390 e. The first kappa shape index (κ1) is 12.8. The molecule has 1 aromatic carbocycles. The van der Waals surface area contributed by atoms with Crippen molar-refractivity contribution in [1.82, 2.24) is 0 Å². The predicted octanol–water partition coefficient (Wildman–Crippen LogP) is 1.80. The lowest BCUT2D eigenvalue weighted by molar-refractivity contribution is -0.131. The number of hydrogen-bond donors (Lipinski definition) is 1. The summed E-state index contributed by atoms with van der Waals surface area (Å²) in [7, 11) is 0. The third-order valence-corrected chi connectivity index (χ3v) is 3.02. The van der Waals surface area contributed by atoms with Crippen LogP contribution in [0.4, 0.5) is 4.39 Å². The Morgan fingerprint density at radius 2 is 2.29 bits per heavy atom. The first-order valence-electron chi connectivity index (χ1n) is 5.49. The second-order valence-electron chi connectivity index (χ2n) is 3.97. The van der Waals surface area contributed by atoms with Crippen LogP contribution in [-0.4, -0.2) is 37.1 Å². The maximum Gasteiger partial charge on any atom is 0.145 e. The average Bonchev–Trinajstić information content (AvgIpc) is 2.36. The van der Waals surface area contributed by atoms with E-state index >= 15 is 0 Å². The Balaban J connectivity index is 2.01. The molecule has 2 rings (SSSR count). The first-order valence-corrected chi connectivity index (χ1v) is 5.86. The highest BCUT2D eigenvalue weighted by Gasteiger charge is 2.24. The van der Waals surface area contributed by atoms with Crippen LogP contribution in [0.15, 0.2) is 18.2 Å². The molecule has 1 fully saturated rings. The van der Waals surface area contributed by atoms with Crippen LogP contribution in [0.25, 0.3) is 0 Å². The lowest BCUT2D eigenvalue weighted by Gasteiger charge is -2.27. The van der Waals surface area contributed by atoms with Crippen LogP contribution in [0.3, 0.4) is 0 Å². The summed E-state index contributed by atoms with van der Waals surface area (Å²) in [6.45, 7) is 1.33. The number of hydrogen-bond acceptors (Lipinski definition) is 3. The highest BCUT2D eigenvalue weighted by Crippen LogP contribution is 2.20. The van der Waals surface area contributed by atoms with Crippen LogP contribution in [0, 0.1) is 5.82 Å². The minimum atomic E-state index is -0.789. The van der Waals surface area contributed by atoms with Crippen molar-refractivity contribution in [2.24, 2.45) is 0 Å². The van der Waals surface area contributed by atoms with Crippen molar-refractivity contribution in [3.8, 4) is 0 Å². The minimum absolute atomic E-state index is 0.0653. The summed E-state index contributed by atoms with van der Waals surface area (Å²) in [6.07, 6.45) is -1.02. The molecule has 0 spiro atoms. The van der Waals surface area contributed by atoms with Gasteiger partial charge < -0.3 is 14.6 Å². The monoisotopic (exact) mass is 260 g/mol. The second kappa shape index (κ2) is 5.78. The standard InChI is InChI=1S/C12H14ClFO3/c13-9-3-1-2-8(12(9)14)6-10(15)11-7-16-4-5-17-11/h1-3,10-11,15H,4-7H2. The van der Waals surface area contributed by atoms with Crippen molar-refractivity contribution in [2.45, 2.75) is 18.6 Å². The molecule has 1 N–H and O–H groups in total. The average molecular weight is 261 g/mol. The molecule has 0 aliphatic carbocycles. The van der Waals surface area contributed by atoms with Gasteiger partial charge in [0.1, 0.15) is 11.9 Å². The molecular formula is C12H14ClFO3. The zero-order valence-electron chi connectivity index (χ0n) is 9.23. The molecule has 1 aliphatic rings. The number of benzene rings is 1. The van der Waals surface area contributed by atoms with Gasteiger partial charge in [-0.3, -0.25) is 0 Å². The molecule has 17 heavy (non-hydrogen) atoms. The molecule has 0 amide bonds. The zero-order chi connectivity index (χ0) is 12.3. The summed E-state index contributed by atoms with van der Waals surface area (Å²) in [6, 6.07) is 4.74. The number of aliphatic hydroxyl groups is 1. The Morgan fingerprint density at radius 3 is 3.00 bits per heavy atom. The molecule has 1 aromatic rings. The number of rotatable bonds is 3. The molecule has 94 valence electrons. The molecule has 0 aromatic heterocycles. The normalized spacial score (nSPS) is 22.4. The minimum Gasteiger partial charge on any atom is -0.390 e. The first-order chi connectivity index (χ1) is 8.18. The van der Waals surface area contributed by atoms with E-state index in [4.69, 9.17) is 21.1 Å². The zero-order valence-corrected chi connectivity index (χ0v) is 9.99. The summed E-state index contributed by atoms with van der Waals surface area (Å²) in [4.78, 5) is 0. The summed E-state index contributed by atoms with van der Waals surface area (Å²) in [5, 5.41) is 9.99. The molecule has 0 bridgehead atoms. The summed E-state index contributed by atoms with van der Waals surface area (Å²) < 4.78 is 24.2. The van der Waals surface area contributed by atoms with Gasteiger partial charge >= 0.3 is 0 Å². The molecule has 3 nitrogen and oxygen atoms in total. The maximum atomic E-state index is 13.6. The quantitative estimate of drug-likeness (QED) is 0.901. The van der Waals surface area contributed by atoms with E-state index in [1.807, 2.05) is 0 Å². The Bertz CT molecular complexity index is 380. The highest BCUT2D eigenvalue weighted by atomic mass is 35.5. The van der Waals surface area contributed by atoms with E-state index in [9.17, 15) is 9.50 Å². The van der Waals surface area contributed by atoms with E-state index in [0.29, 0.717) is 25.4 Å². The molecule has 1 saturated heterocycles. The Morgan fingerprint density at radius 1 is 1.47 bits per heavy atom. The van der Waals surface area contributed by atoms with E-state index in [1.54, 1.807) is 12.1 Å². The molecule has 2 atom stereocenters. The summed E-state index contributed by atoms with van der Waals surface area (Å²) in [5.74, 6) is -0.482. The van der Waals surface area contributed by atoms with E-state index in [-0.39, 0.29) is 11.4 Å². The van der Waals surface area contributed by atoms with Crippen molar-refractivity contribution >= 4 is 11.6 Å². The Kier molecular flexibility index (Phi) is 4.34. The molecule has 0 saturated carbocycles. The third-order valence-electron chi connectivity index (χ3n) is 2.73. The molecule has 5 heteroatoms. The van der Waals surface area contributed by atoms with Crippen molar-refractivity contribution in [3.63, 3.8) is 0 Å². The lowest BCUT2D eigenvalue weighted by atomic mass is 10.0. The highest BCUT2D eigenvalue weighted by molar-refractivity contribution is 6.30. The fourth-order valence-corrected chi connectivity index (χ4v) is 1.99. The molecule has 2 unspecified atom stereocenters. The van der Waals surface area contributed by atoms with E-state index < -0.39 is 18.0 Å². The Labute approximate surface area is 104 Å². The van der Waals surface area contributed by atoms with Gasteiger partial charge in [-0.1, -0.05) is 23.7 Å². The maximum absolute atomic E-state index is 13.6. The van der Waals surface area contributed by atoms with Gasteiger partial charge in [0.05, 0.1) is 30.9 Å². The number of ether oxygens (including phenoxy) is 2. The number of halogens is 2. The smallest absolute Gasteiger partial charge is 0.145 e. The van der Waals surface area contributed by atoms with Gasteiger partial charge in [0.2, 0.25) is 0 Å². The summed E-state index contributed by atoms with van der Waals surface area (Å²) >= 11 is 5.67. The summed E-state index contributed by atoms with van der Waals surface area (Å²) in [5.41, 5.74) is 0.388. The SMILES string of the molecule is OC(Cc1cccc(Cl)c1F)C1COCCO1. The van der Waals surface area contributed by atoms with Crippen LogP contribution >= 0.6 is 11.6 Å². The van der Waals surface area contributed by atoms with Crippen LogP contribution in [0.2, 0.25) is 5.02 Å². The van der Waals surface area contributed by atoms with Crippen molar-refractivity contribution in [1.29, 1.82) is 0 Å². The molecule has 0 radical (unpaired) electrons. The van der Waals surface area contributed by atoms with E-state index in [2.05, 4.69) is 0 Å². The van der Waals surface area contributed by atoms with E-state index in [0.717, 1.165) is 0 Å². The van der Waals surface area contributed by atoms with Crippen LogP contribution in [0.1, 0.15) is 5.56 Å². The van der Waals surface area contributed by atoms with Crippen LogP contribution < -0.4 is 0 Å². The van der Waals surface area contributed by atoms with Gasteiger partial charge in [-0.2, -0.15) is 0 Å². The molecule has 1 aliphatic heterocycles. The van der Waals surface area contributed by atoms with Gasteiger partial charge in [0.25, 0.3) is 0 Å². The van der Waals surface area contributed by atoms with Crippen molar-refractivity contribution in [2.75, 3.05) is 19.8 Å². The van der Waals surface area contributed by atoms with Gasteiger partial charge in [0.15, 0.2) is 0 Å². The van der Waals surface area contributed by atoms with Crippen molar-refractivity contribution in [3.05, 3.63) is 34.6 Å². The fourth-order valence-electron chi connectivity index (χ4n) is 1.79. The fraction of sp³-hybridized carbons (Fsp3) is 0.500. The number of aliphatic hydroxyl groups excluding tert-OH is 1. The second-order valence-corrected chi connectivity index (χ2v) is 4.38. The molecule has 1 heterocycles. The Hall–Kier alpha value is -0.680. The van der Waals surface area contributed by atoms with Crippen molar-refractivity contribution < 1.29 is 19.0 Å². The van der Waals surface area contributed by atoms with Gasteiger partial charge in [-0.25, -0.2) is 4.39 Å². The third kappa shape index (κ3) is 3.16. The molecular weight excluding hydrogens is 247 g/mol. The van der Waals surface area contributed by atoms with Crippen LogP contribution in [0.5, 0.6) is 0 Å². The topological polar surface area (TPSA) is 38.7 Å². The van der Waals surface area contributed by atoms with Gasteiger partial charge in [-0.05, 0) is 11.6 Å².